The Bertz CT molecular complexity index is 303. The van der Waals surface area contributed by atoms with Crippen molar-refractivity contribution < 1.29 is 10.9 Å². The molecule has 0 aliphatic carbocycles. The fourth-order valence-electron chi connectivity index (χ4n) is 0.437. The van der Waals surface area contributed by atoms with E-state index in [-0.39, 0.29) is 16.4 Å². The van der Waals surface area contributed by atoms with Crippen molar-refractivity contribution in [3.8, 4) is 0 Å². The zero-order valence-electron chi connectivity index (χ0n) is 6.39. The van der Waals surface area contributed by atoms with Crippen LogP contribution in [-0.2, 0) is 3.74 Å². The number of halogens is 1. The third kappa shape index (κ3) is 1.72. The van der Waals surface area contributed by atoms with Gasteiger partial charge in [0.05, 0.1) is 0 Å². The zero-order chi connectivity index (χ0) is 8.43. The maximum absolute atomic E-state index is 12.5. The van der Waals surface area contributed by atoms with E-state index in [2.05, 4.69) is 0 Å². The summed E-state index contributed by atoms with van der Waals surface area (Å²) in [5, 5.41) is 0. The first kappa shape index (κ1) is 4.34. The summed E-state index contributed by atoms with van der Waals surface area (Å²) in [6.45, 7) is 0. The van der Waals surface area contributed by atoms with Crippen LogP contribution in [0.5, 0.6) is 0 Å². The molecule has 0 bridgehead atoms. The van der Waals surface area contributed by atoms with E-state index >= 15 is 0 Å². The topological polar surface area (TPSA) is 17.1 Å². The Morgan fingerprint density at radius 2 is 2.56 bits per heavy atom. The molecular weight excluding hydrogens is 182 g/mol. The van der Waals surface area contributed by atoms with Gasteiger partial charge in [0, 0.05) is 0 Å². The monoisotopic (exact) mass is 188 g/mol. The second-order valence-electron chi connectivity index (χ2n) is 1.42. The van der Waals surface area contributed by atoms with Crippen LogP contribution in [0.3, 0.4) is 0 Å². The Morgan fingerprint density at radius 1 is 1.78 bits per heavy atom. The molecule has 0 aliphatic rings. The van der Waals surface area contributed by atoms with Gasteiger partial charge in [0.25, 0.3) is 0 Å². The van der Waals surface area contributed by atoms with E-state index in [1.54, 1.807) is 0 Å². The van der Waals surface area contributed by atoms with Crippen LogP contribution in [0.4, 0.5) is 4.39 Å². The summed E-state index contributed by atoms with van der Waals surface area (Å²) in [7, 11) is 0. The van der Waals surface area contributed by atoms with Crippen LogP contribution in [0.1, 0.15) is 2.74 Å². The van der Waals surface area contributed by atoms with Gasteiger partial charge in [-0.25, -0.2) is 0 Å². The van der Waals surface area contributed by atoms with Crippen molar-refractivity contribution in [2.24, 2.45) is 0 Å². The second kappa shape index (κ2) is 2.88. The van der Waals surface area contributed by atoms with Crippen LogP contribution in [0, 0.1) is 5.82 Å². The van der Waals surface area contributed by atoms with E-state index in [4.69, 9.17) is 2.74 Å². The van der Waals surface area contributed by atoms with Crippen LogP contribution in [0.15, 0.2) is 24.2 Å². The molecule has 0 saturated heterocycles. The SMILES string of the molecule is [2H]c1cc(F)cc([As]=O)c1[2H]. The van der Waals surface area contributed by atoms with Gasteiger partial charge in [-0.2, -0.15) is 0 Å². The average molecular weight is 188 g/mol. The summed E-state index contributed by atoms with van der Waals surface area (Å²) in [6, 6.07) is 1.61. The first-order valence-corrected chi connectivity index (χ1v) is 3.95. The molecule has 0 unspecified atom stereocenters. The standard InChI is InChI=1S/C6H4AsFO/c8-6-3-1-2-5(4-6)7-9/h1-4H/i1D,2D. The number of rotatable bonds is 1. The molecule has 0 N–H and O–H groups in total. The van der Waals surface area contributed by atoms with Gasteiger partial charge >= 0.3 is 60.9 Å². The number of hydrogen-bond acceptors (Lipinski definition) is 1. The summed E-state index contributed by atoms with van der Waals surface area (Å²) in [6.07, 6.45) is 0. The van der Waals surface area contributed by atoms with Crippen LogP contribution >= 0.6 is 0 Å². The van der Waals surface area contributed by atoms with Crippen molar-refractivity contribution in [2.45, 2.75) is 0 Å². The Morgan fingerprint density at radius 3 is 3.22 bits per heavy atom. The van der Waals surface area contributed by atoms with Crippen LogP contribution in [0.25, 0.3) is 0 Å². The molecule has 0 heterocycles. The molecule has 0 radical (unpaired) electrons. The van der Waals surface area contributed by atoms with E-state index in [0.29, 0.717) is 0 Å². The molecular formula is C6H4AsFO. The Balaban J connectivity index is 3.35. The van der Waals surface area contributed by atoms with Gasteiger partial charge in [-0.3, -0.25) is 0 Å². The molecule has 1 aromatic carbocycles. The first-order valence-electron chi connectivity index (χ1n) is 3.25. The van der Waals surface area contributed by atoms with E-state index in [0.717, 1.165) is 12.1 Å². The van der Waals surface area contributed by atoms with E-state index in [1.807, 2.05) is 0 Å². The molecule has 46 valence electrons. The molecule has 0 saturated carbocycles. The predicted octanol–water partition coefficient (Wildman–Crippen LogP) is 0.501. The molecule has 1 nitrogen and oxygen atoms in total. The van der Waals surface area contributed by atoms with Crippen molar-refractivity contribution in [3.63, 3.8) is 0 Å². The summed E-state index contributed by atoms with van der Waals surface area (Å²) in [5.74, 6) is -0.604. The summed E-state index contributed by atoms with van der Waals surface area (Å²) in [4.78, 5) is 0. The normalized spacial score (nSPS) is 13.0. The maximum atomic E-state index is 12.5. The van der Waals surface area contributed by atoms with Crippen LogP contribution in [-0.4, -0.2) is 15.7 Å². The third-order valence-corrected chi connectivity index (χ3v) is 1.70. The summed E-state index contributed by atoms with van der Waals surface area (Å²) < 4.78 is 37.2. The molecule has 1 rings (SSSR count). The van der Waals surface area contributed by atoms with Crippen molar-refractivity contribution in [1.82, 2.24) is 0 Å². The van der Waals surface area contributed by atoms with Crippen molar-refractivity contribution in [3.05, 3.63) is 30.0 Å². The van der Waals surface area contributed by atoms with Gasteiger partial charge < -0.3 is 0 Å². The molecule has 0 spiro atoms. The van der Waals surface area contributed by atoms with Crippen molar-refractivity contribution >= 4 is 20.0 Å². The Kier molecular flexibility index (Phi) is 1.39. The minimum absolute atomic E-state index is 0.131. The fraction of sp³-hybridized carbons (Fsp3) is 0. The van der Waals surface area contributed by atoms with Gasteiger partial charge in [0.2, 0.25) is 0 Å². The van der Waals surface area contributed by atoms with Crippen LogP contribution in [0.2, 0.25) is 0 Å². The third-order valence-electron chi connectivity index (χ3n) is 0.783. The van der Waals surface area contributed by atoms with Gasteiger partial charge in [0.15, 0.2) is 0 Å². The average Bonchev–Trinajstić information content (AvgIpc) is 1.96. The van der Waals surface area contributed by atoms with Crippen molar-refractivity contribution in [2.75, 3.05) is 0 Å². The molecule has 3 heteroatoms. The van der Waals surface area contributed by atoms with E-state index < -0.39 is 21.5 Å². The number of hydrogen-bond donors (Lipinski definition) is 0. The first-order chi connectivity index (χ1) is 5.15. The van der Waals surface area contributed by atoms with Gasteiger partial charge in [-0.15, -0.1) is 0 Å². The number of benzene rings is 1. The molecule has 1 aromatic rings. The second-order valence-corrected chi connectivity index (χ2v) is 2.81. The Hall–Kier alpha value is -0.492. The zero-order valence-corrected chi connectivity index (χ0v) is 6.26. The molecule has 0 aliphatic heterocycles. The minimum atomic E-state index is -1.41. The molecule has 0 atom stereocenters. The van der Waals surface area contributed by atoms with Crippen molar-refractivity contribution in [1.29, 1.82) is 0 Å². The predicted molar refractivity (Wildman–Crippen MR) is 32.5 cm³/mol. The molecule has 9 heavy (non-hydrogen) atoms. The van der Waals surface area contributed by atoms with Gasteiger partial charge in [-0.1, -0.05) is 0 Å². The molecule has 0 fully saturated rings. The fourth-order valence-corrected chi connectivity index (χ4v) is 1.04. The quantitative estimate of drug-likeness (QED) is 0.586. The Labute approximate surface area is 61.6 Å². The molecule has 0 amide bonds. The van der Waals surface area contributed by atoms with Gasteiger partial charge in [-0.05, 0) is 0 Å². The van der Waals surface area contributed by atoms with E-state index in [9.17, 15) is 8.13 Å². The molecule has 0 aromatic heterocycles. The van der Waals surface area contributed by atoms with Gasteiger partial charge in [0.1, 0.15) is 0 Å². The summed E-state index contributed by atoms with van der Waals surface area (Å²) >= 11 is -1.41. The summed E-state index contributed by atoms with van der Waals surface area (Å²) in [5.41, 5.74) is 0. The van der Waals surface area contributed by atoms with E-state index in [1.165, 1.54) is 0 Å². The van der Waals surface area contributed by atoms with Crippen LogP contribution < -0.4 is 4.35 Å².